The molecule has 1 rings (SSSR count). The molecule has 1 aliphatic rings. The molecule has 4 nitrogen and oxygen atoms in total. The highest BCUT2D eigenvalue weighted by Crippen LogP contribution is 2.21. The average molecular weight is 238 g/mol. The van der Waals surface area contributed by atoms with Crippen LogP contribution in [0.2, 0.25) is 0 Å². The number of esters is 2. The van der Waals surface area contributed by atoms with Crippen molar-refractivity contribution in [2.75, 3.05) is 6.61 Å². The van der Waals surface area contributed by atoms with Crippen LogP contribution in [0.1, 0.15) is 33.1 Å². The fourth-order valence-corrected chi connectivity index (χ4v) is 1.71. The lowest BCUT2D eigenvalue weighted by molar-refractivity contribution is -0.148. The lowest BCUT2D eigenvalue weighted by Gasteiger charge is -2.17. The van der Waals surface area contributed by atoms with Crippen LogP contribution in [-0.4, -0.2) is 24.6 Å². The smallest absolute Gasteiger partial charge is 0.305 e. The van der Waals surface area contributed by atoms with Crippen molar-refractivity contribution < 1.29 is 19.1 Å². The molecule has 4 heteroatoms. The van der Waals surface area contributed by atoms with Crippen molar-refractivity contribution in [3.63, 3.8) is 0 Å². The molecule has 0 amide bonds. The molecule has 0 aliphatic heterocycles. The Labute approximate surface area is 101 Å². The first-order valence-electron chi connectivity index (χ1n) is 5.82. The zero-order valence-corrected chi connectivity index (χ0v) is 10.3. The summed E-state index contributed by atoms with van der Waals surface area (Å²) in [5.74, 6) is -0.581. The summed E-state index contributed by atoms with van der Waals surface area (Å²) >= 11 is 0. The van der Waals surface area contributed by atoms with Crippen LogP contribution in [-0.2, 0) is 19.1 Å². The van der Waals surface area contributed by atoms with Gasteiger partial charge in [-0.3, -0.25) is 9.59 Å². The first-order valence-corrected chi connectivity index (χ1v) is 5.82. The number of hydrogen-bond acceptors (Lipinski definition) is 4. The maximum atomic E-state index is 11.3. The van der Waals surface area contributed by atoms with E-state index in [1.807, 2.05) is 18.2 Å². The van der Waals surface area contributed by atoms with Gasteiger partial charge in [0.2, 0.25) is 0 Å². The third-order valence-electron chi connectivity index (χ3n) is 2.44. The molecule has 0 N–H and O–H groups in total. The summed E-state index contributed by atoms with van der Waals surface area (Å²) in [7, 11) is 0. The van der Waals surface area contributed by atoms with Crippen LogP contribution >= 0.6 is 0 Å². The third-order valence-corrected chi connectivity index (χ3v) is 2.44. The van der Waals surface area contributed by atoms with Gasteiger partial charge in [-0.2, -0.15) is 0 Å². The van der Waals surface area contributed by atoms with Gasteiger partial charge in [0.1, 0.15) is 6.10 Å². The highest BCUT2D eigenvalue weighted by atomic mass is 16.5. The van der Waals surface area contributed by atoms with Crippen LogP contribution in [0.5, 0.6) is 0 Å². The molecular formula is C13H18O4. The molecule has 0 bridgehead atoms. The Morgan fingerprint density at radius 3 is 2.76 bits per heavy atom. The lowest BCUT2D eigenvalue weighted by atomic mass is 10.0. The summed E-state index contributed by atoms with van der Waals surface area (Å²) < 4.78 is 10.1. The van der Waals surface area contributed by atoms with Crippen LogP contribution in [0.15, 0.2) is 23.8 Å². The van der Waals surface area contributed by atoms with Crippen molar-refractivity contribution in [3.05, 3.63) is 23.8 Å². The highest BCUT2D eigenvalue weighted by Gasteiger charge is 2.19. The number of rotatable bonds is 6. The van der Waals surface area contributed by atoms with Gasteiger partial charge in [0.25, 0.3) is 0 Å². The Bertz CT molecular complexity index is 341. The van der Waals surface area contributed by atoms with Crippen molar-refractivity contribution in [2.45, 2.75) is 39.2 Å². The largest absolute Gasteiger partial charge is 0.466 e. The maximum Gasteiger partial charge on any atom is 0.305 e. The minimum Gasteiger partial charge on any atom is -0.466 e. The molecule has 17 heavy (non-hydrogen) atoms. The summed E-state index contributed by atoms with van der Waals surface area (Å²) in [5, 5.41) is 0. The van der Waals surface area contributed by atoms with E-state index in [1.165, 1.54) is 6.92 Å². The zero-order valence-electron chi connectivity index (χ0n) is 10.3. The minimum absolute atomic E-state index is 0.254. The Morgan fingerprint density at radius 1 is 1.47 bits per heavy atom. The molecule has 1 aliphatic carbocycles. The van der Waals surface area contributed by atoms with Gasteiger partial charge in [0, 0.05) is 13.3 Å². The predicted octanol–water partition coefficient (Wildman–Crippen LogP) is 2.15. The van der Waals surface area contributed by atoms with Gasteiger partial charge in [-0.05, 0) is 25.3 Å². The summed E-state index contributed by atoms with van der Waals surface area (Å²) in [6.07, 6.45) is 7.06. The Kier molecular flexibility index (Phi) is 5.46. The number of carbonyl (C=O) groups excluding carboxylic acids is 2. The maximum absolute atomic E-state index is 11.3. The quantitative estimate of drug-likeness (QED) is 0.665. The van der Waals surface area contributed by atoms with Crippen LogP contribution in [0.25, 0.3) is 0 Å². The second-order valence-corrected chi connectivity index (χ2v) is 3.82. The summed E-state index contributed by atoms with van der Waals surface area (Å²) in [4.78, 5) is 22.2. The third kappa shape index (κ3) is 4.85. The van der Waals surface area contributed by atoms with Crippen LogP contribution < -0.4 is 0 Å². The Morgan fingerprint density at radius 2 is 2.24 bits per heavy atom. The van der Waals surface area contributed by atoms with Gasteiger partial charge in [-0.1, -0.05) is 18.2 Å². The highest BCUT2D eigenvalue weighted by molar-refractivity contribution is 5.70. The van der Waals surface area contributed by atoms with E-state index in [1.54, 1.807) is 6.92 Å². The molecule has 94 valence electrons. The minimum atomic E-state index is -0.327. The Hall–Kier alpha value is -1.58. The molecule has 0 saturated heterocycles. The summed E-state index contributed by atoms with van der Waals surface area (Å²) in [5.41, 5.74) is 1.03. The monoisotopic (exact) mass is 238 g/mol. The predicted molar refractivity (Wildman–Crippen MR) is 63.3 cm³/mol. The number of allylic oxidation sites excluding steroid dienone is 3. The van der Waals surface area contributed by atoms with Crippen molar-refractivity contribution in [2.24, 2.45) is 0 Å². The topological polar surface area (TPSA) is 52.6 Å². The van der Waals surface area contributed by atoms with Crippen molar-refractivity contribution >= 4 is 11.9 Å². The van der Waals surface area contributed by atoms with Gasteiger partial charge >= 0.3 is 11.9 Å². The fourth-order valence-electron chi connectivity index (χ4n) is 1.71. The molecule has 0 aromatic heterocycles. The zero-order chi connectivity index (χ0) is 12.7. The molecule has 0 radical (unpaired) electrons. The van der Waals surface area contributed by atoms with E-state index in [9.17, 15) is 9.59 Å². The molecule has 0 unspecified atom stereocenters. The standard InChI is InChI=1S/C13H18O4/c1-3-16-13(15)9-8-12(17-10(2)14)11-6-4-5-7-11/h4-6,12H,3,7-9H2,1-2H3/t12-/m1/s1. The van der Waals surface area contributed by atoms with Crippen LogP contribution in [0.3, 0.4) is 0 Å². The lowest BCUT2D eigenvalue weighted by Crippen LogP contribution is -2.20. The number of ether oxygens (including phenoxy) is 2. The number of carbonyl (C=O) groups is 2. The van der Waals surface area contributed by atoms with Gasteiger partial charge in [-0.25, -0.2) is 0 Å². The van der Waals surface area contributed by atoms with E-state index in [2.05, 4.69) is 0 Å². The molecule has 0 aromatic carbocycles. The molecule has 0 fully saturated rings. The average Bonchev–Trinajstić information content (AvgIpc) is 2.77. The van der Waals surface area contributed by atoms with Gasteiger partial charge in [0.15, 0.2) is 0 Å². The normalized spacial score (nSPS) is 15.3. The SMILES string of the molecule is CCOC(=O)CC[C@@H](OC(C)=O)C1=CC=CC1. The molecule has 1 atom stereocenters. The second-order valence-electron chi connectivity index (χ2n) is 3.82. The van der Waals surface area contributed by atoms with Gasteiger partial charge in [0.05, 0.1) is 6.61 Å². The summed E-state index contributed by atoms with van der Waals surface area (Å²) in [6.45, 7) is 3.52. The van der Waals surface area contributed by atoms with Gasteiger partial charge in [-0.15, -0.1) is 0 Å². The van der Waals surface area contributed by atoms with Crippen molar-refractivity contribution in [1.29, 1.82) is 0 Å². The summed E-state index contributed by atoms with van der Waals surface area (Å²) in [6, 6.07) is 0. The molecule has 0 saturated carbocycles. The molecular weight excluding hydrogens is 220 g/mol. The van der Waals surface area contributed by atoms with E-state index in [-0.39, 0.29) is 24.5 Å². The van der Waals surface area contributed by atoms with Crippen LogP contribution in [0, 0.1) is 0 Å². The molecule has 0 heterocycles. The first-order chi connectivity index (χ1) is 8.13. The Balaban J connectivity index is 2.46. The molecule has 0 aromatic rings. The van der Waals surface area contributed by atoms with E-state index >= 15 is 0 Å². The van der Waals surface area contributed by atoms with E-state index in [0.717, 1.165) is 12.0 Å². The second kappa shape index (κ2) is 6.89. The van der Waals surface area contributed by atoms with Crippen molar-refractivity contribution in [3.8, 4) is 0 Å². The van der Waals surface area contributed by atoms with E-state index < -0.39 is 0 Å². The van der Waals surface area contributed by atoms with Crippen LogP contribution in [0.4, 0.5) is 0 Å². The molecule has 0 spiro atoms. The van der Waals surface area contributed by atoms with E-state index in [4.69, 9.17) is 9.47 Å². The number of hydrogen-bond donors (Lipinski definition) is 0. The van der Waals surface area contributed by atoms with E-state index in [0.29, 0.717) is 13.0 Å². The fraction of sp³-hybridized carbons (Fsp3) is 0.538. The van der Waals surface area contributed by atoms with Crippen molar-refractivity contribution in [1.82, 2.24) is 0 Å². The first kappa shape index (κ1) is 13.5. The van der Waals surface area contributed by atoms with Gasteiger partial charge < -0.3 is 9.47 Å².